The molecule has 6 heteroatoms. The van der Waals surface area contributed by atoms with Gasteiger partial charge in [0.15, 0.2) is 0 Å². The Morgan fingerprint density at radius 2 is 2.00 bits per heavy atom. The van der Waals surface area contributed by atoms with Crippen LogP contribution >= 0.6 is 0 Å². The number of ether oxygens (including phenoxy) is 1. The van der Waals surface area contributed by atoms with Gasteiger partial charge in [-0.15, -0.1) is 0 Å². The van der Waals surface area contributed by atoms with Crippen molar-refractivity contribution in [2.75, 3.05) is 20.2 Å². The highest BCUT2D eigenvalue weighted by molar-refractivity contribution is 5.69. The van der Waals surface area contributed by atoms with E-state index in [9.17, 15) is 14.9 Å². The molecule has 0 aliphatic heterocycles. The number of nitro groups is 1. The van der Waals surface area contributed by atoms with Crippen molar-refractivity contribution in [3.05, 3.63) is 39.9 Å². The van der Waals surface area contributed by atoms with Crippen LogP contribution in [0.1, 0.15) is 18.9 Å². The van der Waals surface area contributed by atoms with E-state index < -0.39 is 4.92 Å². The van der Waals surface area contributed by atoms with Crippen LogP contribution in [-0.4, -0.2) is 36.0 Å². The molecule has 0 aliphatic rings. The molecule has 104 valence electrons. The van der Waals surface area contributed by atoms with Crippen LogP contribution in [0.25, 0.3) is 0 Å². The van der Waals surface area contributed by atoms with E-state index in [4.69, 9.17) is 0 Å². The van der Waals surface area contributed by atoms with Crippen LogP contribution in [0.2, 0.25) is 0 Å². The Labute approximate surface area is 112 Å². The second-order valence-corrected chi connectivity index (χ2v) is 4.12. The molecule has 0 bridgehead atoms. The molecule has 6 nitrogen and oxygen atoms in total. The van der Waals surface area contributed by atoms with Gasteiger partial charge in [0.25, 0.3) is 5.69 Å². The number of hydrogen-bond acceptors (Lipinski definition) is 5. The summed E-state index contributed by atoms with van der Waals surface area (Å²) >= 11 is 0. The molecule has 0 saturated carbocycles. The van der Waals surface area contributed by atoms with Crippen LogP contribution in [0.15, 0.2) is 24.3 Å². The van der Waals surface area contributed by atoms with E-state index in [2.05, 4.69) is 9.64 Å². The molecule has 1 rings (SSSR count). The number of hydrogen-bond donors (Lipinski definition) is 0. The van der Waals surface area contributed by atoms with Gasteiger partial charge in [0.05, 0.1) is 18.5 Å². The van der Waals surface area contributed by atoms with Gasteiger partial charge in [-0.1, -0.05) is 19.1 Å². The van der Waals surface area contributed by atoms with E-state index in [1.807, 2.05) is 6.92 Å². The summed E-state index contributed by atoms with van der Waals surface area (Å²) in [5.74, 6) is -0.234. The summed E-state index contributed by atoms with van der Waals surface area (Å²) < 4.78 is 4.60. The fourth-order valence-electron chi connectivity index (χ4n) is 1.68. The minimum atomic E-state index is -0.418. The fraction of sp³-hybridized carbons (Fsp3) is 0.462. The van der Waals surface area contributed by atoms with E-state index in [1.54, 1.807) is 12.1 Å². The molecular formula is C13H18N2O4. The van der Waals surface area contributed by atoms with Crippen LogP contribution in [0, 0.1) is 10.1 Å². The molecule has 0 fully saturated rings. The molecule has 19 heavy (non-hydrogen) atoms. The zero-order valence-electron chi connectivity index (χ0n) is 11.2. The lowest BCUT2D eigenvalue weighted by atomic mass is 10.2. The smallest absolute Gasteiger partial charge is 0.306 e. The standard InChI is InChI=1S/C13H18N2O4/c1-3-14(9-8-13(16)19-2)10-11-4-6-12(7-5-11)15(17)18/h4-7H,3,8-10H2,1-2H3. The van der Waals surface area contributed by atoms with Crippen LogP contribution in [-0.2, 0) is 16.1 Å². The number of carbonyl (C=O) groups excluding carboxylic acids is 1. The average molecular weight is 266 g/mol. The van der Waals surface area contributed by atoms with Gasteiger partial charge in [-0.25, -0.2) is 0 Å². The second kappa shape index (κ2) is 7.48. The van der Waals surface area contributed by atoms with E-state index in [0.29, 0.717) is 19.5 Å². The van der Waals surface area contributed by atoms with Crippen LogP contribution in [0.4, 0.5) is 5.69 Å². The highest BCUT2D eigenvalue weighted by Crippen LogP contribution is 2.13. The Bertz CT molecular complexity index is 431. The predicted octanol–water partition coefficient (Wildman–Crippen LogP) is 1.98. The van der Waals surface area contributed by atoms with Gasteiger partial charge in [-0.05, 0) is 12.1 Å². The minimum absolute atomic E-state index is 0.0846. The lowest BCUT2D eigenvalue weighted by Crippen LogP contribution is -2.26. The molecule has 1 aromatic rings. The first-order valence-electron chi connectivity index (χ1n) is 6.09. The zero-order valence-corrected chi connectivity index (χ0v) is 11.2. The molecule has 0 aliphatic carbocycles. The maximum absolute atomic E-state index is 11.1. The Balaban J connectivity index is 2.55. The third kappa shape index (κ3) is 5.05. The zero-order chi connectivity index (χ0) is 14.3. The molecule has 0 saturated heterocycles. The third-order valence-corrected chi connectivity index (χ3v) is 2.86. The largest absolute Gasteiger partial charge is 0.469 e. The van der Waals surface area contributed by atoms with Crippen molar-refractivity contribution in [1.29, 1.82) is 0 Å². The highest BCUT2D eigenvalue weighted by Gasteiger charge is 2.09. The van der Waals surface area contributed by atoms with Crippen molar-refractivity contribution in [2.24, 2.45) is 0 Å². The molecule has 0 heterocycles. The summed E-state index contributed by atoms with van der Waals surface area (Å²) in [6.07, 6.45) is 0.345. The minimum Gasteiger partial charge on any atom is -0.469 e. The van der Waals surface area contributed by atoms with Crippen molar-refractivity contribution >= 4 is 11.7 Å². The molecule has 0 radical (unpaired) electrons. The first-order valence-corrected chi connectivity index (χ1v) is 6.09. The molecule has 0 unspecified atom stereocenters. The van der Waals surface area contributed by atoms with E-state index in [-0.39, 0.29) is 11.7 Å². The SMILES string of the molecule is CCN(CCC(=O)OC)Cc1ccc([N+](=O)[O-])cc1. The summed E-state index contributed by atoms with van der Waals surface area (Å²) in [7, 11) is 1.37. The topological polar surface area (TPSA) is 72.7 Å². The third-order valence-electron chi connectivity index (χ3n) is 2.86. The van der Waals surface area contributed by atoms with Crippen molar-refractivity contribution in [2.45, 2.75) is 19.9 Å². The van der Waals surface area contributed by atoms with Crippen LogP contribution in [0.3, 0.4) is 0 Å². The molecule has 0 amide bonds. The van der Waals surface area contributed by atoms with Gasteiger partial charge in [0.2, 0.25) is 0 Å². The van der Waals surface area contributed by atoms with Gasteiger partial charge < -0.3 is 4.74 Å². The summed E-state index contributed by atoms with van der Waals surface area (Å²) in [6, 6.07) is 6.45. The van der Waals surface area contributed by atoms with Gasteiger partial charge in [-0.3, -0.25) is 19.8 Å². The van der Waals surface area contributed by atoms with Crippen LogP contribution < -0.4 is 0 Å². The van der Waals surface area contributed by atoms with Crippen molar-refractivity contribution in [1.82, 2.24) is 4.90 Å². The van der Waals surface area contributed by atoms with Crippen molar-refractivity contribution in [3.8, 4) is 0 Å². The lowest BCUT2D eigenvalue weighted by Gasteiger charge is -2.19. The van der Waals surface area contributed by atoms with Crippen molar-refractivity contribution in [3.63, 3.8) is 0 Å². The van der Waals surface area contributed by atoms with Gasteiger partial charge in [0.1, 0.15) is 0 Å². The number of nitro benzene ring substituents is 1. The number of rotatable bonds is 7. The molecule has 0 aromatic heterocycles. The van der Waals surface area contributed by atoms with Gasteiger partial charge in [-0.2, -0.15) is 0 Å². The Morgan fingerprint density at radius 3 is 2.47 bits per heavy atom. The predicted molar refractivity (Wildman–Crippen MR) is 70.7 cm³/mol. The summed E-state index contributed by atoms with van der Waals surface area (Å²) in [5.41, 5.74) is 1.07. The van der Waals surface area contributed by atoms with Crippen LogP contribution in [0.5, 0.6) is 0 Å². The Kier molecular flexibility index (Phi) is 5.95. The summed E-state index contributed by atoms with van der Waals surface area (Å²) in [4.78, 5) is 23.3. The monoisotopic (exact) mass is 266 g/mol. The van der Waals surface area contributed by atoms with Gasteiger partial charge in [0, 0.05) is 25.2 Å². The fourth-order valence-corrected chi connectivity index (χ4v) is 1.68. The normalized spacial score (nSPS) is 10.5. The first-order chi connectivity index (χ1) is 9.06. The molecule has 0 spiro atoms. The number of non-ortho nitro benzene ring substituents is 1. The Hall–Kier alpha value is -1.95. The lowest BCUT2D eigenvalue weighted by molar-refractivity contribution is -0.384. The van der Waals surface area contributed by atoms with E-state index in [0.717, 1.165) is 12.1 Å². The molecule has 0 N–H and O–H groups in total. The molecular weight excluding hydrogens is 248 g/mol. The number of benzene rings is 1. The summed E-state index contributed by atoms with van der Waals surface area (Å²) in [6.45, 7) is 4.07. The molecule has 0 atom stereocenters. The summed E-state index contributed by atoms with van der Waals surface area (Å²) in [5, 5.41) is 10.5. The van der Waals surface area contributed by atoms with Gasteiger partial charge >= 0.3 is 5.97 Å². The number of methoxy groups -OCH3 is 1. The maximum atomic E-state index is 11.1. The highest BCUT2D eigenvalue weighted by atomic mass is 16.6. The number of nitrogens with zero attached hydrogens (tertiary/aromatic N) is 2. The van der Waals surface area contributed by atoms with E-state index in [1.165, 1.54) is 19.2 Å². The van der Waals surface area contributed by atoms with E-state index >= 15 is 0 Å². The van der Waals surface area contributed by atoms with Crippen molar-refractivity contribution < 1.29 is 14.5 Å². The Morgan fingerprint density at radius 1 is 1.37 bits per heavy atom. The number of esters is 1. The first kappa shape index (κ1) is 15.1. The molecule has 1 aromatic carbocycles. The quantitative estimate of drug-likeness (QED) is 0.428. The maximum Gasteiger partial charge on any atom is 0.306 e. The number of carbonyl (C=O) groups is 1. The average Bonchev–Trinajstić information content (AvgIpc) is 2.43. The second-order valence-electron chi connectivity index (χ2n) is 4.12.